The lowest BCUT2D eigenvalue weighted by atomic mass is 9.93. The number of nitrogens with one attached hydrogen (secondary N) is 1. The zero-order valence-corrected chi connectivity index (χ0v) is 12.5. The van der Waals surface area contributed by atoms with Gasteiger partial charge < -0.3 is 5.32 Å². The van der Waals surface area contributed by atoms with E-state index in [1.54, 1.807) is 12.1 Å². The second kappa shape index (κ2) is 5.82. The largest absolute Gasteiger partial charge is 0.314 e. The Labute approximate surface area is 121 Å². The van der Waals surface area contributed by atoms with E-state index < -0.39 is 0 Å². The minimum Gasteiger partial charge on any atom is -0.314 e. The maximum atomic E-state index is 13.1. The molecule has 2 aliphatic heterocycles. The van der Waals surface area contributed by atoms with E-state index in [9.17, 15) is 4.39 Å². The van der Waals surface area contributed by atoms with E-state index in [-0.39, 0.29) is 5.82 Å². The Hall–Kier alpha value is -0.930. The molecule has 0 aromatic heterocycles. The fourth-order valence-corrected chi connectivity index (χ4v) is 4.21. The molecule has 2 fully saturated rings. The smallest absolute Gasteiger partial charge is 0.123 e. The maximum absolute atomic E-state index is 13.1. The first kappa shape index (κ1) is 14.0. The molecule has 3 rings (SSSR count). The summed E-state index contributed by atoms with van der Waals surface area (Å²) < 4.78 is 13.1. The van der Waals surface area contributed by atoms with Gasteiger partial charge in [-0.2, -0.15) is 0 Å². The van der Waals surface area contributed by atoms with Crippen molar-refractivity contribution in [3.63, 3.8) is 0 Å². The fourth-order valence-electron chi connectivity index (χ4n) is 4.21. The van der Waals surface area contributed by atoms with Crippen LogP contribution >= 0.6 is 0 Å². The molecule has 0 aliphatic carbocycles. The van der Waals surface area contributed by atoms with Crippen molar-refractivity contribution in [2.24, 2.45) is 0 Å². The third-order valence-electron chi connectivity index (χ3n) is 5.08. The Kier molecular flexibility index (Phi) is 4.08. The molecule has 1 N–H and O–H groups in total. The topological polar surface area (TPSA) is 15.3 Å². The molecule has 2 aliphatic rings. The molecule has 2 bridgehead atoms. The first-order chi connectivity index (χ1) is 9.69. The number of piperidine rings is 1. The second-order valence-electron chi connectivity index (χ2n) is 6.29. The summed E-state index contributed by atoms with van der Waals surface area (Å²) in [5, 5.41) is 3.62. The van der Waals surface area contributed by atoms with Crippen LogP contribution in [0.4, 0.5) is 4.39 Å². The van der Waals surface area contributed by atoms with Gasteiger partial charge >= 0.3 is 0 Å². The van der Waals surface area contributed by atoms with E-state index in [4.69, 9.17) is 0 Å². The number of hydrogen-bond donors (Lipinski definition) is 1. The van der Waals surface area contributed by atoms with Gasteiger partial charge in [-0.05, 0) is 56.8 Å². The lowest BCUT2D eigenvalue weighted by Gasteiger charge is -2.43. The fraction of sp³-hybridized carbons (Fsp3) is 0.647. The van der Waals surface area contributed by atoms with Gasteiger partial charge in [0.2, 0.25) is 0 Å². The zero-order chi connectivity index (χ0) is 14.1. The molecule has 2 nitrogen and oxygen atoms in total. The van der Waals surface area contributed by atoms with Crippen LogP contribution in [0.2, 0.25) is 0 Å². The number of hydrogen-bond acceptors (Lipinski definition) is 2. The van der Waals surface area contributed by atoms with Crippen molar-refractivity contribution in [1.29, 1.82) is 0 Å². The molecule has 2 saturated heterocycles. The van der Waals surface area contributed by atoms with Gasteiger partial charge in [-0.3, -0.25) is 4.90 Å². The third kappa shape index (κ3) is 2.61. The predicted molar refractivity (Wildman–Crippen MR) is 80.2 cm³/mol. The lowest BCUT2D eigenvalue weighted by molar-refractivity contribution is 0.0775. The lowest BCUT2D eigenvalue weighted by Crippen LogP contribution is -2.49. The molecule has 0 saturated carbocycles. The van der Waals surface area contributed by atoms with Gasteiger partial charge in [0.1, 0.15) is 5.82 Å². The first-order valence-electron chi connectivity index (χ1n) is 7.95. The molecule has 2 heterocycles. The number of nitrogens with zero attached hydrogens (tertiary/aromatic N) is 1. The van der Waals surface area contributed by atoms with E-state index in [2.05, 4.69) is 24.1 Å². The van der Waals surface area contributed by atoms with Crippen LogP contribution in [0, 0.1) is 5.82 Å². The molecule has 110 valence electrons. The molecule has 3 heteroatoms. The Balaban J connectivity index is 1.73. The van der Waals surface area contributed by atoms with Crippen LogP contribution in [0.1, 0.15) is 51.1 Å². The van der Waals surface area contributed by atoms with Crippen molar-refractivity contribution in [2.45, 2.75) is 63.7 Å². The van der Waals surface area contributed by atoms with Crippen LogP contribution in [0.15, 0.2) is 24.3 Å². The van der Waals surface area contributed by atoms with Gasteiger partial charge in [-0.15, -0.1) is 0 Å². The van der Waals surface area contributed by atoms with Gasteiger partial charge in [0.05, 0.1) is 0 Å². The van der Waals surface area contributed by atoms with Crippen molar-refractivity contribution < 1.29 is 4.39 Å². The summed E-state index contributed by atoms with van der Waals surface area (Å²) in [4.78, 5) is 2.68. The van der Waals surface area contributed by atoms with Crippen LogP contribution in [-0.4, -0.2) is 29.6 Å². The Bertz CT molecular complexity index is 431. The SMILES string of the molecule is CCNC1CC2CCC(C1)N2C(C)c1ccc(F)cc1. The molecule has 0 amide bonds. The van der Waals surface area contributed by atoms with E-state index in [1.807, 2.05) is 12.1 Å². The van der Waals surface area contributed by atoms with E-state index in [1.165, 1.54) is 31.2 Å². The number of benzene rings is 1. The minimum absolute atomic E-state index is 0.144. The standard InChI is InChI=1S/C17H25FN2/c1-3-19-15-10-16-8-9-17(11-15)20(16)12(2)13-4-6-14(18)7-5-13/h4-7,12,15-17,19H,3,8-11H2,1-2H3. The molecular weight excluding hydrogens is 251 g/mol. The van der Waals surface area contributed by atoms with Crippen molar-refractivity contribution in [2.75, 3.05) is 6.54 Å². The highest BCUT2D eigenvalue weighted by atomic mass is 19.1. The summed E-state index contributed by atoms with van der Waals surface area (Å²) in [5.74, 6) is -0.144. The summed E-state index contributed by atoms with van der Waals surface area (Å²) in [6, 6.07) is 9.52. The Morgan fingerprint density at radius 3 is 2.35 bits per heavy atom. The number of halogens is 1. The van der Waals surface area contributed by atoms with Gasteiger partial charge in [0.25, 0.3) is 0 Å². The van der Waals surface area contributed by atoms with E-state index in [0.29, 0.717) is 24.2 Å². The Morgan fingerprint density at radius 1 is 1.20 bits per heavy atom. The van der Waals surface area contributed by atoms with Crippen LogP contribution in [0.3, 0.4) is 0 Å². The van der Waals surface area contributed by atoms with Gasteiger partial charge in [0.15, 0.2) is 0 Å². The number of rotatable bonds is 4. The highest BCUT2D eigenvalue weighted by Gasteiger charge is 2.42. The van der Waals surface area contributed by atoms with E-state index >= 15 is 0 Å². The summed E-state index contributed by atoms with van der Waals surface area (Å²) >= 11 is 0. The molecule has 1 aromatic rings. The van der Waals surface area contributed by atoms with Crippen LogP contribution in [-0.2, 0) is 0 Å². The van der Waals surface area contributed by atoms with Crippen LogP contribution < -0.4 is 5.32 Å². The summed E-state index contributed by atoms with van der Waals surface area (Å²) in [5.41, 5.74) is 1.24. The molecule has 3 unspecified atom stereocenters. The molecule has 0 spiro atoms. The summed E-state index contributed by atoms with van der Waals surface area (Å²) in [7, 11) is 0. The van der Waals surface area contributed by atoms with Crippen molar-refractivity contribution >= 4 is 0 Å². The molecule has 1 aromatic carbocycles. The molecule has 3 atom stereocenters. The van der Waals surface area contributed by atoms with Crippen molar-refractivity contribution in [1.82, 2.24) is 10.2 Å². The highest BCUT2D eigenvalue weighted by Crippen LogP contribution is 2.41. The Morgan fingerprint density at radius 2 is 1.80 bits per heavy atom. The van der Waals surface area contributed by atoms with Crippen molar-refractivity contribution in [3.05, 3.63) is 35.6 Å². The van der Waals surface area contributed by atoms with Gasteiger partial charge in [-0.1, -0.05) is 19.1 Å². The molecule has 20 heavy (non-hydrogen) atoms. The van der Waals surface area contributed by atoms with Gasteiger partial charge in [0, 0.05) is 24.2 Å². The quantitative estimate of drug-likeness (QED) is 0.905. The zero-order valence-electron chi connectivity index (χ0n) is 12.5. The normalized spacial score (nSPS) is 31.4. The van der Waals surface area contributed by atoms with Crippen LogP contribution in [0.25, 0.3) is 0 Å². The monoisotopic (exact) mass is 276 g/mol. The van der Waals surface area contributed by atoms with Gasteiger partial charge in [-0.25, -0.2) is 4.39 Å². The molecular formula is C17H25FN2. The second-order valence-corrected chi connectivity index (χ2v) is 6.29. The maximum Gasteiger partial charge on any atom is 0.123 e. The average molecular weight is 276 g/mol. The molecule has 0 radical (unpaired) electrons. The third-order valence-corrected chi connectivity index (χ3v) is 5.08. The van der Waals surface area contributed by atoms with Crippen LogP contribution in [0.5, 0.6) is 0 Å². The minimum atomic E-state index is -0.144. The van der Waals surface area contributed by atoms with Crippen molar-refractivity contribution in [3.8, 4) is 0 Å². The summed E-state index contributed by atoms with van der Waals surface area (Å²) in [6.45, 7) is 5.53. The predicted octanol–water partition coefficient (Wildman–Crippen LogP) is 3.49. The number of fused-ring (bicyclic) bond motifs is 2. The highest BCUT2D eigenvalue weighted by molar-refractivity contribution is 5.21. The summed E-state index contributed by atoms with van der Waals surface area (Å²) in [6.07, 6.45) is 5.15. The first-order valence-corrected chi connectivity index (χ1v) is 7.95. The average Bonchev–Trinajstić information content (AvgIpc) is 2.71. The van der Waals surface area contributed by atoms with E-state index in [0.717, 1.165) is 6.54 Å².